The largest absolute Gasteiger partial charge is 0.481 e. The monoisotopic (exact) mass is 230 g/mol. The Hall–Kier alpha value is -1.59. The number of imide groups is 1. The lowest BCUT2D eigenvalue weighted by molar-refractivity contribution is -0.138. The minimum absolute atomic E-state index is 0.176. The highest BCUT2D eigenvalue weighted by Gasteiger charge is 2.14. The number of carbonyl (C=O) groups is 3. The summed E-state index contributed by atoms with van der Waals surface area (Å²) in [5.41, 5.74) is 0. The Kier molecular flexibility index (Phi) is 6.91. The zero-order chi connectivity index (χ0) is 12.6. The van der Waals surface area contributed by atoms with Crippen LogP contribution < -0.4 is 5.32 Å². The molecule has 6 nitrogen and oxygen atoms in total. The molecule has 0 saturated heterocycles. The van der Waals surface area contributed by atoms with Crippen LogP contribution in [0.2, 0.25) is 0 Å². The lowest BCUT2D eigenvalue weighted by Crippen LogP contribution is -2.43. The van der Waals surface area contributed by atoms with E-state index in [0.29, 0.717) is 13.1 Å². The first-order valence-corrected chi connectivity index (χ1v) is 5.31. The van der Waals surface area contributed by atoms with E-state index in [2.05, 4.69) is 5.32 Å². The molecule has 16 heavy (non-hydrogen) atoms. The van der Waals surface area contributed by atoms with E-state index >= 15 is 0 Å². The van der Waals surface area contributed by atoms with Crippen LogP contribution in [0.15, 0.2) is 0 Å². The topological polar surface area (TPSA) is 86.7 Å². The van der Waals surface area contributed by atoms with Crippen molar-refractivity contribution in [3.8, 4) is 0 Å². The number of urea groups is 1. The molecule has 0 fully saturated rings. The molecule has 0 aromatic heterocycles. The number of carboxylic acid groups (broad SMARTS) is 1. The molecule has 0 aliphatic heterocycles. The highest BCUT2D eigenvalue weighted by atomic mass is 16.4. The van der Waals surface area contributed by atoms with Crippen LogP contribution in [0.4, 0.5) is 4.79 Å². The van der Waals surface area contributed by atoms with Crippen LogP contribution in [0.5, 0.6) is 0 Å². The van der Waals surface area contributed by atoms with E-state index in [1.807, 2.05) is 13.8 Å². The summed E-state index contributed by atoms with van der Waals surface area (Å²) in [6.45, 7) is 4.85. The third-order valence-electron chi connectivity index (χ3n) is 1.97. The number of hydrogen-bond acceptors (Lipinski definition) is 3. The predicted molar refractivity (Wildman–Crippen MR) is 57.9 cm³/mol. The number of carbonyl (C=O) groups excluding carboxylic acids is 2. The Morgan fingerprint density at radius 3 is 2.25 bits per heavy atom. The van der Waals surface area contributed by atoms with Gasteiger partial charge >= 0.3 is 12.0 Å². The van der Waals surface area contributed by atoms with E-state index in [1.54, 1.807) is 0 Å². The number of carboxylic acids is 1. The van der Waals surface area contributed by atoms with E-state index in [1.165, 1.54) is 4.90 Å². The first kappa shape index (κ1) is 14.4. The SMILES string of the molecule is CCCN(CC)C(=O)NC(=O)CCC(=O)O. The minimum Gasteiger partial charge on any atom is -0.481 e. The van der Waals surface area contributed by atoms with Crippen molar-refractivity contribution in [1.29, 1.82) is 0 Å². The highest BCUT2D eigenvalue weighted by Crippen LogP contribution is 1.94. The van der Waals surface area contributed by atoms with Crippen molar-refractivity contribution in [2.45, 2.75) is 33.1 Å². The van der Waals surface area contributed by atoms with Gasteiger partial charge in [-0.1, -0.05) is 6.92 Å². The van der Waals surface area contributed by atoms with Crippen LogP contribution in [-0.4, -0.2) is 41.0 Å². The van der Waals surface area contributed by atoms with E-state index in [0.717, 1.165) is 6.42 Å². The van der Waals surface area contributed by atoms with E-state index < -0.39 is 17.9 Å². The fraction of sp³-hybridized carbons (Fsp3) is 0.700. The average Bonchev–Trinajstić information content (AvgIpc) is 2.22. The van der Waals surface area contributed by atoms with Gasteiger partial charge in [0, 0.05) is 19.5 Å². The molecule has 0 aliphatic rings. The quantitative estimate of drug-likeness (QED) is 0.707. The van der Waals surface area contributed by atoms with Crippen LogP contribution in [0.1, 0.15) is 33.1 Å². The summed E-state index contributed by atoms with van der Waals surface area (Å²) in [4.78, 5) is 34.3. The Morgan fingerprint density at radius 2 is 1.81 bits per heavy atom. The third-order valence-corrected chi connectivity index (χ3v) is 1.97. The van der Waals surface area contributed by atoms with Crippen molar-refractivity contribution < 1.29 is 19.5 Å². The molecule has 0 radical (unpaired) electrons. The maximum Gasteiger partial charge on any atom is 0.324 e. The average molecular weight is 230 g/mol. The fourth-order valence-electron chi connectivity index (χ4n) is 1.15. The van der Waals surface area contributed by atoms with Gasteiger partial charge in [-0.2, -0.15) is 0 Å². The molecule has 6 heteroatoms. The molecule has 0 aromatic rings. The Balaban J connectivity index is 4.01. The molecule has 0 spiro atoms. The van der Waals surface area contributed by atoms with Crippen LogP contribution in [0, 0.1) is 0 Å². The zero-order valence-electron chi connectivity index (χ0n) is 9.65. The Morgan fingerprint density at radius 1 is 1.19 bits per heavy atom. The molecule has 0 saturated carbocycles. The molecule has 92 valence electrons. The highest BCUT2D eigenvalue weighted by molar-refractivity contribution is 5.95. The number of amides is 3. The van der Waals surface area contributed by atoms with Gasteiger partial charge in [-0.3, -0.25) is 14.9 Å². The van der Waals surface area contributed by atoms with Gasteiger partial charge in [0.2, 0.25) is 5.91 Å². The molecule has 0 heterocycles. The van der Waals surface area contributed by atoms with Crippen LogP contribution >= 0.6 is 0 Å². The zero-order valence-corrected chi connectivity index (χ0v) is 9.65. The van der Waals surface area contributed by atoms with E-state index in [4.69, 9.17) is 5.11 Å². The van der Waals surface area contributed by atoms with Gasteiger partial charge in [0.1, 0.15) is 0 Å². The first-order chi connectivity index (χ1) is 7.51. The number of aliphatic carboxylic acids is 1. The Bertz CT molecular complexity index is 266. The summed E-state index contributed by atoms with van der Waals surface area (Å²) in [5.74, 6) is -1.61. The third kappa shape index (κ3) is 6.00. The molecule has 0 bridgehead atoms. The standard InChI is InChI=1S/C10H18N2O4/c1-3-7-12(4-2)10(16)11-8(13)5-6-9(14)15/h3-7H2,1-2H3,(H,14,15)(H,11,13,16). The summed E-state index contributed by atoms with van der Waals surface area (Å²) in [7, 11) is 0. The molecule has 3 amide bonds. The summed E-state index contributed by atoms with van der Waals surface area (Å²) >= 11 is 0. The van der Waals surface area contributed by atoms with Crippen molar-refractivity contribution in [3.63, 3.8) is 0 Å². The normalized spacial score (nSPS) is 9.62. The first-order valence-electron chi connectivity index (χ1n) is 5.31. The molecule has 0 aromatic carbocycles. The molecule has 2 N–H and O–H groups in total. The van der Waals surface area contributed by atoms with Gasteiger partial charge in [-0.25, -0.2) is 4.79 Å². The second-order valence-corrected chi connectivity index (χ2v) is 3.33. The van der Waals surface area contributed by atoms with Crippen molar-refractivity contribution in [3.05, 3.63) is 0 Å². The van der Waals surface area contributed by atoms with Gasteiger partial charge in [0.15, 0.2) is 0 Å². The van der Waals surface area contributed by atoms with Crippen molar-refractivity contribution in [1.82, 2.24) is 10.2 Å². The molecular weight excluding hydrogens is 212 g/mol. The second-order valence-electron chi connectivity index (χ2n) is 3.33. The summed E-state index contributed by atoms with van der Waals surface area (Å²) < 4.78 is 0. The molecular formula is C10H18N2O4. The molecule has 0 unspecified atom stereocenters. The lowest BCUT2D eigenvalue weighted by Gasteiger charge is -2.19. The van der Waals surface area contributed by atoms with Gasteiger partial charge in [0.05, 0.1) is 6.42 Å². The lowest BCUT2D eigenvalue weighted by atomic mass is 10.3. The van der Waals surface area contributed by atoms with Gasteiger partial charge in [0.25, 0.3) is 0 Å². The summed E-state index contributed by atoms with van der Waals surface area (Å²) in [6, 6.07) is -0.459. The van der Waals surface area contributed by atoms with Crippen LogP contribution in [0.25, 0.3) is 0 Å². The smallest absolute Gasteiger partial charge is 0.324 e. The number of hydrogen-bond donors (Lipinski definition) is 2. The molecule has 0 rings (SSSR count). The molecule has 0 atom stereocenters. The van der Waals surface area contributed by atoms with Crippen molar-refractivity contribution >= 4 is 17.9 Å². The van der Waals surface area contributed by atoms with Crippen LogP contribution in [0.3, 0.4) is 0 Å². The second kappa shape index (κ2) is 7.67. The summed E-state index contributed by atoms with van der Waals surface area (Å²) in [5, 5.41) is 10.5. The fourth-order valence-corrected chi connectivity index (χ4v) is 1.15. The number of nitrogens with one attached hydrogen (secondary N) is 1. The van der Waals surface area contributed by atoms with E-state index in [-0.39, 0.29) is 12.8 Å². The maximum absolute atomic E-state index is 11.5. The molecule has 0 aliphatic carbocycles. The van der Waals surface area contributed by atoms with Crippen LogP contribution in [-0.2, 0) is 9.59 Å². The summed E-state index contributed by atoms with van der Waals surface area (Å²) in [6.07, 6.45) is 0.369. The number of rotatable bonds is 6. The van der Waals surface area contributed by atoms with Crippen molar-refractivity contribution in [2.75, 3.05) is 13.1 Å². The van der Waals surface area contributed by atoms with Gasteiger partial charge in [-0.15, -0.1) is 0 Å². The van der Waals surface area contributed by atoms with Crippen molar-refractivity contribution in [2.24, 2.45) is 0 Å². The maximum atomic E-state index is 11.5. The minimum atomic E-state index is -1.05. The Labute approximate surface area is 94.6 Å². The van der Waals surface area contributed by atoms with Gasteiger partial charge < -0.3 is 10.0 Å². The van der Waals surface area contributed by atoms with Gasteiger partial charge in [-0.05, 0) is 13.3 Å². The number of nitrogens with zero attached hydrogens (tertiary/aromatic N) is 1. The predicted octanol–water partition coefficient (Wildman–Crippen LogP) is 0.819. The van der Waals surface area contributed by atoms with E-state index in [9.17, 15) is 14.4 Å².